The summed E-state index contributed by atoms with van der Waals surface area (Å²) in [6, 6.07) is 9.36. The normalized spacial score (nSPS) is 11.8. The first-order chi connectivity index (χ1) is 6.40. The quantitative estimate of drug-likeness (QED) is 0.733. The highest BCUT2D eigenvalue weighted by Crippen LogP contribution is 2.33. The minimum absolute atomic E-state index is 0.682. The predicted molar refractivity (Wildman–Crippen MR) is 52.1 cm³/mol. The third kappa shape index (κ3) is 1.80. The highest BCUT2D eigenvalue weighted by atomic mass is 31.2. The predicted octanol–water partition coefficient (Wildman–Crippen LogP) is 2.33. The van der Waals surface area contributed by atoms with Crippen LogP contribution in [0.3, 0.4) is 0 Å². The minimum Gasteiger partial charge on any atom is -0.416 e. The lowest BCUT2D eigenvalue weighted by Crippen LogP contribution is -1.97. The summed E-state index contributed by atoms with van der Waals surface area (Å²) in [5.74, 6) is 0.749. The van der Waals surface area contributed by atoms with E-state index in [4.69, 9.17) is 4.52 Å². The Labute approximate surface area is 77.7 Å². The summed E-state index contributed by atoms with van der Waals surface area (Å²) in [5.41, 5.74) is 0. The van der Waals surface area contributed by atoms with E-state index in [-0.39, 0.29) is 0 Å². The molecule has 1 atom stereocenters. The minimum atomic E-state index is -1.06. The van der Waals surface area contributed by atoms with E-state index in [1.807, 2.05) is 30.3 Å². The Balaban J connectivity index is 2.13. The summed E-state index contributed by atoms with van der Waals surface area (Å²) in [5, 5.41) is 0. The summed E-state index contributed by atoms with van der Waals surface area (Å²) in [6.07, 6.45) is 0.753. The zero-order chi connectivity index (χ0) is 9.10. The van der Waals surface area contributed by atoms with Crippen molar-refractivity contribution in [3.8, 4) is 5.75 Å². The Hall–Kier alpha value is -1.11. The van der Waals surface area contributed by atoms with E-state index in [1.165, 1.54) is 4.09 Å². The van der Waals surface area contributed by atoms with Crippen LogP contribution in [0, 0.1) is 0 Å². The Morgan fingerprint density at radius 2 is 2.23 bits per heavy atom. The average Bonchev–Trinajstić information content (AvgIpc) is 2.15. The number of rotatable bonds is 3. The van der Waals surface area contributed by atoms with Crippen LogP contribution in [0.1, 0.15) is 0 Å². The lowest BCUT2D eigenvalue weighted by Gasteiger charge is -2.08. The smallest absolute Gasteiger partial charge is 0.273 e. The Morgan fingerprint density at radius 3 is 2.77 bits per heavy atom. The van der Waals surface area contributed by atoms with Crippen LogP contribution in [0.15, 0.2) is 30.3 Å². The number of para-hydroxylation sites is 1. The molecular formula is C7H6N2O2P2. The van der Waals surface area contributed by atoms with E-state index in [0.29, 0.717) is 8.51 Å². The monoisotopic (exact) mass is 212 g/mol. The molecule has 0 fully saturated rings. The van der Waals surface area contributed by atoms with Crippen molar-refractivity contribution in [1.82, 2.24) is 8.60 Å². The SMILES string of the molecule is O=Cn1pnp1Oc1ccccc1. The molecular weight excluding hydrogens is 206 g/mol. The summed E-state index contributed by atoms with van der Waals surface area (Å²) >= 11 is 0. The highest BCUT2D eigenvalue weighted by Gasteiger charge is 2.06. The van der Waals surface area contributed by atoms with Gasteiger partial charge in [0.15, 0.2) is 8.51 Å². The van der Waals surface area contributed by atoms with Crippen molar-refractivity contribution in [3.05, 3.63) is 30.3 Å². The lowest BCUT2D eigenvalue weighted by atomic mass is 10.3. The first-order valence-corrected chi connectivity index (χ1v) is 5.56. The van der Waals surface area contributed by atoms with Crippen LogP contribution in [0.2, 0.25) is 0 Å². The van der Waals surface area contributed by atoms with Crippen LogP contribution in [-0.2, 0) is 4.79 Å². The van der Waals surface area contributed by atoms with Crippen LogP contribution < -0.4 is 4.52 Å². The third-order valence-corrected chi connectivity index (χ3v) is 4.14. The molecule has 2 rings (SSSR count). The van der Waals surface area contributed by atoms with Gasteiger partial charge in [-0.15, -0.1) is 4.51 Å². The molecule has 0 aliphatic carbocycles. The Kier molecular flexibility index (Phi) is 2.44. The zero-order valence-corrected chi connectivity index (χ0v) is 8.36. The van der Waals surface area contributed by atoms with Gasteiger partial charge in [-0.2, -0.15) is 4.09 Å². The van der Waals surface area contributed by atoms with Gasteiger partial charge in [0.1, 0.15) is 5.75 Å². The first-order valence-electron chi connectivity index (χ1n) is 3.59. The molecule has 4 nitrogen and oxygen atoms in total. The van der Waals surface area contributed by atoms with Gasteiger partial charge in [0, 0.05) is 0 Å². The maximum absolute atomic E-state index is 10.4. The maximum Gasteiger partial charge on any atom is 0.273 e. The molecule has 0 amide bonds. The van der Waals surface area contributed by atoms with E-state index in [2.05, 4.69) is 4.51 Å². The molecule has 0 radical (unpaired) electrons. The average molecular weight is 212 g/mol. The van der Waals surface area contributed by atoms with E-state index in [1.54, 1.807) is 0 Å². The molecule has 0 spiro atoms. The largest absolute Gasteiger partial charge is 0.416 e. The topological polar surface area (TPSA) is 44.1 Å². The van der Waals surface area contributed by atoms with E-state index in [9.17, 15) is 4.79 Å². The van der Waals surface area contributed by atoms with Crippen molar-refractivity contribution >= 4 is 23.0 Å². The van der Waals surface area contributed by atoms with Crippen LogP contribution in [0.4, 0.5) is 0 Å². The van der Waals surface area contributed by atoms with Crippen LogP contribution >= 0.6 is 16.6 Å². The number of hydrogen-bond acceptors (Lipinski definition) is 3. The standard InChI is InChI=1S/C7H6N2O2P2/c10-6-9-12-8-13(9)11-7-4-2-1-3-5-7/h1-6H. The van der Waals surface area contributed by atoms with Gasteiger partial charge in [0.05, 0.1) is 0 Å². The van der Waals surface area contributed by atoms with E-state index < -0.39 is 8.08 Å². The summed E-state index contributed by atoms with van der Waals surface area (Å²) in [4.78, 5) is 10.4. The van der Waals surface area contributed by atoms with Crippen molar-refractivity contribution in [2.45, 2.75) is 0 Å². The van der Waals surface area contributed by atoms with Gasteiger partial charge in [-0.3, -0.25) is 4.79 Å². The fourth-order valence-electron chi connectivity index (χ4n) is 0.816. The van der Waals surface area contributed by atoms with Gasteiger partial charge in [0.25, 0.3) is 8.08 Å². The molecule has 2 aromatic rings. The van der Waals surface area contributed by atoms with Crippen molar-refractivity contribution in [1.29, 1.82) is 0 Å². The third-order valence-electron chi connectivity index (χ3n) is 1.41. The molecule has 0 N–H and O–H groups in total. The number of benzene rings is 1. The second kappa shape index (κ2) is 3.73. The van der Waals surface area contributed by atoms with Gasteiger partial charge < -0.3 is 4.52 Å². The van der Waals surface area contributed by atoms with Crippen LogP contribution in [0.25, 0.3) is 0 Å². The molecule has 0 saturated carbocycles. The number of aromatic nitrogens is 2. The first kappa shape index (κ1) is 8.49. The van der Waals surface area contributed by atoms with E-state index >= 15 is 0 Å². The molecule has 0 aliphatic rings. The fourth-order valence-corrected chi connectivity index (χ4v) is 2.54. The molecule has 1 heterocycles. The van der Waals surface area contributed by atoms with Crippen molar-refractivity contribution in [2.75, 3.05) is 0 Å². The van der Waals surface area contributed by atoms with Gasteiger partial charge in [0.2, 0.25) is 6.41 Å². The van der Waals surface area contributed by atoms with Crippen molar-refractivity contribution in [2.24, 2.45) is 0 Å². The molecule has 66 valence electrons. The van der Waals surface area contributed by atoms with E-state index in [0.717, 1.165) is 12.2 Å². The van der Waals surface area contributed by atoms with Crippen molar-refractivity contribution < 1.29 is 9.32 Å². The molecule has 1 unspecified atom stereocenters. The summed E-state index contributed by atoms with van der Waals surface area (Å²) in [6.45, 7) is 0. The Morgan fingerprint density at radius 1 is 1.46 bits per heavy atom. The second-order valence-electron chi connectivity index (χ2n) is 2.26. The number of hydrogen-bond donors (Lipinski definition) is 0. The van der Waals surface area contributed by atoms with Gasteiger partial charge in [-0.05, 0) is 12.1 Å². The van der Waals surface area contributed by atoms with Gasteiger partial charge >= 0.3 is 0 Å². The van der Waals surface area contributed by atoms with Gasteiger partial charge in [-0.25, -0.2) is 0 Å². The zero-order valence-electron chi connectivity index (χ0n) is 6.57. The summed E-state index contributed by atoms with van der Waals surface area (Å²) < 4.78 is 11.0. The van der Waals surface area contributed by atoms with Crippen molar-refractivity contribution in [3.63, 3.8) is 0 Å². The molecule has 6 heteroatoms. The Bertz CT molecular complexity index is 396. The molecule has 0 bridgehead atoms. The summed E-state index contributed by atoms with van der Waals surface area (Å²) in [7, 11) is -0.377. The molecule has 1 aromatic heterocycles. The second-order valence-corrected chi connectivity index (χ2v) is 5.02. The molecule has 0 aliphatic heterocycles. The number of carbonyl (C=O) groups is 1. The fraction of sp³-hybridized carbons (Fsp3) is 0. The molecule has 0 saturated heterocycles. The number of nitrogens with zero attached hydrogens (tertiary/aromatic N) is 2. The highest BCUT2D eigenvalue weighted by molar-refractivity contribution is 7.54. The molecule has 1 aromatic carbocycles. The van der Waals surface area contributed by atoms with Crippen LogP contribution in [0.5, 0.6) is 5.75 Å². The molecule has 13 heavy (non-hydrogen) atoms. The van der Waals surface area contributed by atoms with Gasteiger partial charge in [-0.1, -0.05) is 18.2 Å². The maximum atomic E-state index is 10.4. The lowest BCUT2D eigenvalue weighted by molar-refractivity contribution is 0.549. The van der Waals surface area contributed by atoms with Crippen LogP contribution in [-0.4, -0.2) is 15.0 Å². The number of carbonyl (C=O) groups excluding carboxylic acids is 1.